The number of amides is 1. The van der Waals surface area contributed by atoms with Crippen LogP contribution in [-0.2, 0) is 17.1 Å². The summed E-state index contributed by atoms with van der Waals surface area (Å²) in [7, 11) is -0.538. The molecule has 1 fully saturated rings. The molecule has 1 aliphatic heterocycles. The highest BCUT2D eigenvalue weighted by atomic mass is 32.2. The van der Waals surface area contributed by atoms with Crippen molar-refractivity contribution in [3.63, 3.8) is 0 Å². The molecule has 12 heteroatoms. The molecule has 1 atom stereocenters. The van der Waals surface area contributed by atoms with Gasteiger partial charge >= 0.3 is 0 Å². The van der Waals surface area contributed by atoms with Gasteiger partial charge in [0.25, 0.3) is 11.6 Å². The number of aromatic nitrogens is 1. The lowest BCUT2D eigenvalue weighted by atomic mass is 10.0. The van der Waals surface area contributed by atoms with Gasteiger partial charge in [-0.15, -0.1) is 0 Å². The molecule has 4 rings (SSSR count). The van der Waals surface area contributed by atoms with Crippen molar-refractivity contribution in [1.82, 2.24) is 8.87 Å². The molecule has 186 valence electrons. The van der Waals surface area contributed by atoms with Crippen molar-refractivity contribution < 1.29 is 22.9 Å². The first-order valence-electron chi connectivity index (χ1n) is 11.2. The highest BCUT2D eigenvalue weighted by Gasteiger charge is 2.32. The van der Waals surface area contributed by atoms with E-state index in [1.54, 1.807) is 15.9 Å². The maximum Gasteiger partial charge on any atom is 0.279 e. The van der Waals surface area contributed by atoms with Crippen LogP contribution in [0, 0.1) is 10.1 Å². The Morgan fingerprint density at radius 3 is 2.60 bits per heavy atom. The van der Waals surface area contributed by atoms with Gasteiger partial charge in [0.05, 0.1) is 27.7 Å². The summed E-state index contributed by atoms with van der Waals surface area (Å²) < 4.78 is 35.4. The first-order valence-corrected chi connectivity index (χ1v) is 13.5. The minimum Gasteiger partial charge on any atom is -0.494 e. The summed E-state index contributed by atoms with van der Waals surface area (Å²) in [5.74, 6) is -0.242. The predicted octanol–water partition coefficient (Wildman–Crippen LogP) is 3.85. The van der Waals surface area contributed by atoms with Crippen LogP contribution < -0.4 is 9.54 Å². The number of aryl methyl sites for hydroxylation is 1. The van der Waals surface area contributed by atoms with Gasteiger partial charge in [-0.25, -0.2) is 8.42 Å². The zero-order valence-corrected chi connectivity index (χ0v) is 21.3. The molecular formula is C23H26N4O6S2. The molecule has 0 radical (unpaired) electrons. The Kier molecular flexibility index (Phi) is 7.06. The van der Waals surface area contributed by atoms with Gasteiger partial charge in [-0.3, -0.25) is 14.9 Å². The third kappa shape index (κ3) is 4.73. The van der Waals surface area contributed by atoms with Crippen LogP contribution in [0.4, 0.5) is 5.69 Å². The molecule has 1 amide bonds. The molecule has 1 aliphatic rings. The summed E-state index contributed by atoms with van der Waals surface area (Å²) in [4.78, 5) is 28.2. The highest BCUT2D eigenvalue weighted by molar-refractivity contribution is 7.89. The van der Waals surface area contributed by atoms with Crippen molar-refractivity contribution in [3.05, 3.63) is 56.9 Å². The maximum absolute atomic E-state index is 13.2. The van der Waals surface area contributed by atoms with Gasteiger partial charge in [0.1, 0.15) is 5.52 Å². The number of hydrogen-bond acceptors (Lipinski definition) is 7. The number of nitro benzene ring substituents is 1. The Bertz CT molecular complexity index is 1460. The zero-order valence-electron chi connectivity index (χ0n) is 19.6. The standard InChI is InChI=1S/C23H26N4O6S2/c1-4-16-7-5-6-12-26(16)35(31,32)18-10-8-15(9-11-18)22(28)24-23-25(2)21-19(33-3)13-17(27(29)30)14-20(21)34-23/h8-11,13-14,16H,4-7,12H2,1-3H3. The summed E-state index contributed by atoms with van der Waals surface area (Å²) in [5.41, 5.74) is 0.707. The molecule has 3 aromatic rings. The molecule has 0 N–H and O–H groups in total. The topological polar surface area (TPSA) is 124 Å². The van der Waals surface area contributed by atoms with Crippen LogP contribution >= 0.6 is 11.3 Å². The van der Waals surface area contributed by atoms with E-state index in [-0.39, 0.29) is 22.2 Å². The number of methoxy groups -OCH3 is 1. The number of ether oxygens (including phenoxy) is 1. The number of benzene rings is 2. The highest BCUT2D eigenvalue weighted by Crippen LogP contribution is 2.32. The molecule has 1 aromatic heterocycles. The summed E-state index contributed by atoms with van der Waals surface area (Å²) in [6.07, 6.45) is 3.47. The molecule has 2 aromatic carbocycles. The van der Waals surface area contributed by atoms with Crippen LogP contribution in [0.3, 0.4) is 0 Å². The Hall–Kier alpha value is -3.09. The number of thiazole rings is 1. The first-order chi connectivity index (χ1) is 16.7. The Morgan fingerprint density at radius 1 is 1.26 bits per heavy atom. The van der Waals surface area contributed by atoms with E-state index >= 15 is 0 Å². The SMILES string of the molecule is CCC1CCCCN1S(=O)(=O)c1ccc(C(=O)N=c2sc3cc([N+](=O)[O-])cc(OC)c3n2C)cc1. The average molecular weight is 519 g/mol. The van der Waals surface area contributed by atoms with Crippen LogP contribution in [0.25, 0.3) is 10.2 Å². The molecule has 10 nitrogen and oxygen atoms in total. The summed E-state index contributed by atoms with van der Waals surface area (Å²) in [6.45, 7) is 2.49. The number of nitro groups is 1. The number of non-ortho nitro benzene ring substituents is 1. The fraction of sp³-hybridized carbons (Fsp3) is 0.391. The van der Waals surface area contributed by atoms with Crippen molar-refractivity contribution in [3.8, 4) is 5.75 Å². The van der Waals surface area contributed by atoms with Crippen molar-refractivity contribution in [1.29, 1.82) is 0 Å². The monoisotopic (exact) mass is 518 g/mol. The minimum absolute atomic E-state index is 0.00849. The Morgan fingerprint density at radius 2 is 1.97 bits per heavy atom. The van der Waals surface area contributed by atoms with Crippen LogP contribution in [0.15, 0.2) is 46.3 Å². The molecule has 0 saturated carbocycles. The van der Waals surface area contributed by atoms with Crippen molar-refractivity contribution >= 4 is 43.2 Å². The molecule has 2 heterocycles. The van der Waals surface area contributed by atoms with Gasteiger partial charge in [-0.1, -0.05) is 24.7 Å². The summed E-state index contributed by atoms with van der Waals surface area (Å²) in [5, 5.41) is 11.2. The number of nitrogens with zero attached hydrogens (tertiary/aromatic N) is 4. The third-order valence-corrected chi connectivity index (χ3v) is 9.27. The van der Waals surface area contributed by atoms with E-state index in [9.17, 15) is 23.3 Å². The van der Waals surface area contributed by atoms with Gasteiger partial charge in [0.15, 0.2) is 10.6 Å². The largest absolute Gasteiger partial charge is 0.494 e. The molecule has 35 heavy (non-hydrogen) atoms. The van der Waals surface area contributed by atoms with Gasteiger partial charge in [-0.2, -0.15) is 9.30 Å². The lowest BCUT2D eigenvalue weighted by molar-refractivity contribution is -0.384. The molecule has 1 saturated heterocycles. The van der Waals surface area contributed by atoms with Crippen molar-refractivity contribution in [2.24, 2.45) is 12.0 Å². The molecular weight excluding hydrogens is 492 g/mol. The van der Waals surface area contributed by atoms with Crippen molar-refractivity contribution in [2.45, 2.75) is 43.5 Å². The van der Waals surface area contributed by atoms with E-state index in [4.69, 9.17) is 4.74 Å². The molecule has 1 unspecified atom stereocenters. The lowest BCUT2D eigenvalue weighted by Gasteiger charge is -2.34. The number of sulfonamides is 1. The van der Waals surface area contributed by atoms with Crippen molar-refractivity contribution in [2.75, 3.05) is 13.7 Å². The maximum atomic E-state index is 13.2. The quantitative estimate of drug-likeness (QED) is 0.361. The van der Waals surface area contributed by atoms with E-state index in [1.165, 1.54) is 43.5 Å². The number of rotatable bonds is 6. The van der Waals surface area contributed by atoms with Gasteiger partial charge in [0, 0.05) is 31.3 Å². The number of hydrogen-bond donors (Lipinski definition) is 0. The van der Waals surface area contributed by atoms with Gasteiger partial charge in [-0.05, 0) is 43.5 Å². The van der Waals surface area contributed by atoms with Crippen LogP contribution in [0.5, 0.6) is 5.75 Å². The predicted molar refractivity (Wildman–Crippen MR) is 132 cm³/mol. The molecule has 0 aliphatic carbocycles. The fourth-order valence-corrected chi connectivity index (χ4v) is 7.19. The average Bonchev–Trinajstić information content (AvgIpc) is 3.18. The summed E-state index contributed by atoms with van der Waals surface area (Å²) >= 11 is 1.13. The zero-order chi connectivity index (χ0) is 25.3. The molecule has 0 bridgehead atoms. The Labute approximate surface area is 206 Å². The lowest BCUT2D eigenvalue weighted by Crippen LogP contribution is -2.43. The normalized spacial score (nSPS) is 17.6. The number of carbonyl (C=O) groups is 1. The van der Waals surface area contributed by atoms with E-state index in [0.29, 0.717) is 27.3 Å². The van der Waals surface area contributed by atoms with Crippen LogP contribution in [0.2, 0.25) is 0 Å². The smallest absolute Gasteiger partial charge is 0.279 e. The number of carbonyl (C=O) groups excluding carboxylic acids is 1. The number of fused-ring (bicyclic) bond motifs is 1. The fourth-order valence-electron chi connectivity index (χ4n) is 4.35. The van der Waals surface area contributed by atoms with Gasteiger partial charge in [0.2, 0.25) is 10.0 Å². The second-order valence-corrected chi connectivity index (χ2v) is 11.2. The second-order valence-electron chi connectivity index (χ2n) is 8.31. The Balaban J connectivity index is 1.66. The minimum atomic E-state index is -3.65. The number of piperidine rings is 1. The van der Waals surface area contributed by atoms with E-state index < -0.39 is 20.9 Å². The molecule has 0 spiro atoms. The first kappa shape index (κ1) is 25.0. The third-order valence-electron chi connectivity index (χ3n) is 6.23. The van der Waals surface area contributed by atoms with Gasteiger partial charge < -0.3 is 9.30 Å². The van der Waals surface area contributed by atoms with E-state index in [2.05, 4.69) is 4.99 Å². The van der Waals surface area contributed by atoms with E-state index in [1.807, 2.05) is 6.92 Å². The van der Waals surface area contributed by atoms with Crippen LogP contribution in [-0.4, -0.2) is 47.8 Å². The second kappa shape index (κ2) is 9.88. The summed E-state index contributed by atoms with van der Waals surface area (Å²) in [6, 6.07) is 8.53. The van der Waals surface area contributed by atoms with Crippen LogP contribution in [0.1, 0.15) is 43.0 Å². The van der Waals surface area contributed by atoms with E-state index in [0.717, 1.165) is 37.0 Å².